The monoisotopic (exact) mass is 336 g/mol. The van der Waals surface area contributed by atoms with Crippen molar-refractivity contribution in [3.05, 3.63) is 23.8 Å². The average Bonchev–Trinajstić information content (AvgIpc) is 2.47. The lowest BCUT2D eigenvalue weighted by atomic mass is 9.85. The largest absolute Gasteiger partial charge is 0.462 e. The Morgan fingerprint density at radius 2 is 1.71 bits per heavy atom. The van der Waals surface area contributed by atoms with E-state index in [-0.39, 0.29) is 5.75 Å². The van der Waals surface area contributed by atoms with Gasteiger partial charge in [0.15, 0.2) is 0 Å². The van der Waals surface area contributed by atoms with Crippen molar-refractivity contribution in [3.8, 4) is 11.5 Å². The van der Waals surface area contributed by atoms with E-state index in [4.69, 9.17) is 13.1 Å². The summed E-state index contributed by atoms with van der Waals surface area (Å²) in [6, 6.07) is 4.45. The van der Waals surface area contributed by atoms with Crippen LogP contribution in [0.4, 0.5) is 0 Å². The Bertz CT molecular complexity index is 763. The maximum atomic E-state index is 11.3. The summed E-state index contributed by atoms with van der Waals surface area (Å²) in [5.41, 5.74) is -0.174. The van der Waals surface area contributed by atoms with Gasteiger partial charge in [-0.1, -0.05) is 0 Å². The first-order chi connectivity index (χ1) is 9.38. The number of rotatable bonds is 4. The fourth-order valence-electron chi connectivity index (χ4n) is 2.03. The van der Waals surface area contributed by atoms with Crippen LogP contribution in [0.1, 0.15) is 19.4 Å². The highest BCUT2D eigenvalue weighted by Crippen LogP contribution is 2.45. The molecule has 0 bridgehead atoms. The molecule has 1 aliphatic rings. The highest BCUT2D eigenvalue weighted by molar-refractivity contribution is 7.86. The molecule has 118 valence electrons. The molecule has 0 spiro atoms. The van der Waals surface area contributed by atoms with Crippen molar-refractivity contribution in [2.75, 3.05) is 12.5 Å². The minimum atomic E-state index is -3.69. The van der Waals surface area contributed by atoms with E-state index >= 15 is 0 Å². The fraction of sp³-hybridized carbons (Fsp3) is 0.500. The van der Waals surface area contributed by atoms with Crippen LogP contribution in [0, 0.1) is 0 Å². The van der Waals surface area contributed by atoms with Gasteiger partial charge in [-0.05, 0) is 32.0 Å². The minimum absolute atomic E-state index is 0.132. The summed E-state index contributed by atoms with van der Waals surface area (Å²) in [6.07, 6.45) is 0.862. The van der Waals surface area contributed by atoms with Crippen molar-refractivity contribution in [1.29, 1.82) is 0 Å². The van der Waals surface area contributed by atoms with Crippen LogP contribution in [-0.2, 0) is 29.8 Å². The normalized spacial score (nSPS) is 20.7. The Morgan fingerprint density at radius 3 is 2.24 bits per heavy atom. The lowest BCUT2D eigenvalue weighted by molar-refractivity contribution is -0.0168. The van der Waals surface area contributed by atoms with Gasteiger partial charge in [0.25, 0.3) is 10.1 Å². The third-order valence-electron chi connectivity index (χ3n) is 2.98. The van der Waals surface area contributed by atoms with E-state index in [1.807, 2.05) is 0 Å². The molecule has 1 atom stereocenters. The van der Waals surface area contributed by atoms with Crippen molar-refractivity contribution < 1.29 is 29.9 Å². The Morgan fingerprint density at radius 1 is 1.10 bits per heavy atom. The predicted octanol–water partition coefficient (Wildman–Crippen LogP) is 0.997. The first-order valence-electron chi connectivity index (χ1n) is 5.97. The van der Waals surface area contributed by atoms with Crippen LogP contribution in [0.15, 0.2) is 18.2 Å². The molecular formula is C12H16O7S2. The molecule has 0 amide bonds. The van der Waals surface area contributed by atoms with Crippen LogP contribution < -0.4 is 8.92 Å². The van der Waals surface area contributed by atoms with Crippen LogP contribution in [0.2, 0.25) is 0 Å². The van der Waals surface area contributed by atoms with E-state index in [1.165, 1.54) is 18.2 Å². The molecule has 0 aliphatic carbocycles. The van der Waals surface area contributed by atoms with Crippen LogP contribution in [0.5, 0.6) is 11.5 Å². The smallest absolute Gasteiger partial charge is 0.306 e. The third-order valence-corrected chi connectivity index (χ3v) is 4.00. The standard InChI is InChI=1S/C12H16O7S2/c1-12(2)9-7-8(18-20(3,13)14)5-6-10(9)17-11(12)19-21(4,15)16/h5-7,11H,1-4H3. The molecule has 1 aromatic carbocycles. The second kappa shape index (κ2) is 4.85. The maximum Gasteiger partial charge on any atom is 0.306 e. The Labute approximate surface area is 124 Å². The van der Waals surface area contributed by atoms with Crippen LogP contribution in [0.3, 0.4) is 0 Å². The van der Waals surface area contributed by atoms with Gasteiger partial charge in [-0.2, -0.15) is 16.8 Å². The molecule has 0 saturated carbocycles. The fourth-order valence-corrected chi connectivity index (χ4v) is 3.08. The summed E-state index contributed by atoms with van der Waals surface area (Å²) in [4.78, 5) is 0. The van der Waals surface area contributed by atoms with Crippen LogP contribution >= 0.6 is 0 Å². The van der Waals surface area contributed by atoms with Gasteiger partial charge in [0.2, 0.25) is 6.29 Å². The molecule has 1 aromatic rings. The number of hydrogen-bond acceptors (Lipinski definition) is 7. The van der Waals surface area contributed by atoms with Gasteiger partial charge < -0.3 is 8.92 Å². The molecule has 0 aromatic heterocycles. The number of fused-ring (bicyclic) bond motifs is 1. The number of ether oxygens (including phenoxy) is 1. The van der Waals surface area contributed by atoms with E-state index < -0.39 is 31.9 Å². The summed E-state index contributed by atoms with van der Waals surface area (Å²) in [5, 5.41) is 0. The minimum Gasteiger partial charge on any atom is -0.462 e. The second-order valence-electron chi connectivity index (χ2n) is 5.42. The van der Waals surface area contributed by atoms with Gasteiger partial charge in [0, 0.05) is 5.56 Å². The van der Waals surface area contributed by atoms with Crippen molar-refractivity contribution in [2.24, 2.45) is 0 Å². The lowest BCUT2D eigenvalue weighted by Crippen LogP contribution is -2.36. The number of hydrogen-bond donors (Lipinski definition) is 0. The zero-order valence-corrected chi connectivity index (χ0v) is 13.6. The average molecular weight is 336 g/mol. The van der Waals surface area contributed by atoms with E-state index in [0.717, 1.165) is 12.5 Å². The van der Waals surface area contributed by atoms with Crippen molar-refractivity contribution in [1.82, 2.24) is 0 Å². The molecular weight excluding hydrogens is 320 g/mol. The molecule has 0 radical (unpaired) electrons. The zero-order valence-electron chi connectivity index (χ0n) is 12.0. The van der Waals surface area contributed by atoms with Gasteiger partial charge in [0.05, 0.1) is 17.9 Å². The summed E-state index contributed by atoms with van der Waals surface area (Å²) >= 11 is 0. The molecule has 7 nitrogen and oxygen atoms in total. The molecule has 0 saturated heterocycles. The maximum absolute atomic E-state index is 11.3. The summed E-state index contributed by atoms with van der Waals surface area (Å²) in [6.45, 7) is 3.47. The van der Waals surface area contributed by atoms with Gasteiger partial charge in [-0.25, -0.2) is 4.18 Å². The van der Waals surface area contributed by atoms with Crippen molar-refractivity contribution >= 4 is 20.2 Å². The van der Waals surface area contributed by atoms with E-state index in [0.29, 0.717) is 11.3 Å². The number of benzene rings is 1. The Hall–Kier alpha value is -1.32. The topological polar surface area (TPSA) is 96.0 Å². The molecule has 1 unspecified atom stereocenters. The molecule has 0 fully saturated rings. The first kappa shape index (κ1) is 16.1. The molecule has 21 heavy (non-hydrogen) atoms. The summed E-state index contributed by atoms with van der Waals surface area (Å²) in [7, 11) is -7.33. The van der Waals surface area contributed by atoms with E-state index in [9.17, 15) is 16.8 Å². The second-order valence-corrected chi connectivity index (χ2v) is 8.59. The Balaban J connectivity index is 2.38. The van der Waals surface area contributed by atoms with Crippen molar-refractivity contribution in [3.63, 3.8) is 0 Å². The highest BCUT2D eigenvalue weighted by atomic mass is 32.2. The third kappa shape index (κ3) is 3.66. The lowest BCUT2D eigenvalue weighted by Gasteiger charge is -2.24. The molecule has 9 heteroatoms. The van der Waals surface area contributed by atoms with Crippen molar-refractivity contribution in [2.45, 2.75) is 25.6 Å². The van der Waals surface area contributed by atoms with Gasteiger partial charge in [-0.3, -0.25) is 0 Å². The Kier molecular flexibility index (Phi) is 3.71. The van der Waals surface area contributed by atoms with Gasteiger partial charge in [0.1, 0.15) is 11.5 Å². The van der Waals surface area contributed by atoms with Crippen LogP contribution in [-0.4, -0.2) is 35.6 Å². The molecule has 0 N–H and O–H groups in total. The molecule has 1 aliphatic heterocycles. The highest BCUT2D eigenvalue weighted by Gasteiger charge is 2.44. The first-order valence-corrected chi connectivity index (χ1v) is 9.61. The zero-order chi connectivity index (χ0) is 16.1. The van der Waals surface area contributed by atoms with Gasteiger partial charge >= 0.3 is 10.1 Å². The van der Waals surface area contributed by atoms with Crippen LogP contribution in [0.25, 0.3) is 0 Å². The quantitative estimate of drug-likeness (QED) is 0.757. The summed E-state index contributed by atoms with van der Waals surface area (Å²) in [5.74, 6) is 0.558. The van der Waals surface area contributed by atoms with E-state index in [1.54, 1.807) is 13.8 Å². The molecule has 2 rings (SSSR count). The SMILES string of the molecule is CC1(C)c2cc(OS(C)(=O)=O)ccc2OC1OS(C)(=O)=O. The molecule has 1 heterocycles. The predicted molar refractivity (Wildman–Crippen MR) is 75.3 cm³/mol. The van der Waals surface area contributed by atoms with E-state index in [2.05, 4.69) is 0 Å². The van der Waals surface area contributed by atoms with Gasteiger partial charge in [-0.15, -0.1) is 0 Å². The summed E-state index contributed by atoms with van der Waals surface area (Å²) < 4.78 is 60.1.